The summed E-state index contributed by atoms with van der Waals surface area (Å²) in [6.07, 6.45) is 3.68. The maximum absolute atomic E-state index is 12.8. The Labute approximate surface area is 200 Å². The highest BCUT2D eigenvalue weighted by molar-refractivity contribution is 7.16. The third-order valence-corrected chi connectivity index (χ3v) is 6.87. The van der Waals surface area contributed by atoms with E-state index >= 15 is 0 Å². The fourth-order valence-electron chi connectivity index (χ4n) is 3.80. The summed E-state index contributed by atoms with van der Waals surface area (Å²) in [5.74, 6) is 1.68. The number of carbonyl (C=O) groups is 1. The van der Waals surface area contributed by atoms with Crippen molar-refractivity contribution in [2.24, 2.45) is 5.92 Å². The topological polar surface area (TPSA) is 83.0 Å². The van der Waals surface area contributed by atoms with Crippen LogP contribution in [0.4, 0.5) is 23.1 Å². The quantitative estimate of drug-likeness (QED) is 0.360. The number of aromatic nitrogens is 3. The van der Waals surface area contributed by atoms with Crippen LogP contribution in [0.2, 0.25) is 5.02 Å². The number of nitrogens with one attached hydrogen (secondary N) is 2. The SMILES string of the molecule is CC1CCN(C(=O)c2ccc(Nc3ncc(Cl)c(Nc4ccc5ncsc5c4)n3)cc2)CC1. The molecule has 1 saturated heterocycles. The Bertz CT molecular complexity index is 1280. The first-order valence-corrected chi connectivity index (χ1v) is 12.1. The first-order valence-electron chi connectivity index (χ1n) is 10.8. The first kappa shape index (κ1) is 21.6. The Morgan fingerprint density at radius 1 is 1.06 bits per heavy atom. The van der Waals surface area contributed by atoms with Gasteiger partial charge in [-0.15, -0.1) is 11.3 Å². The molecular weight excluding hydrogens is 456 g/mol. The molecule has 0 aliphatic carbocycles. The van der Waals surface area contributed by atoms with E-state index in [0.29, 0.717) is 28.3 Å². The molecule has 3 heterocycles. The number of fused-ring (bicyclic) bond motifs is 1. The number of thiazole rings is 1. The van der Waals surface area contributed by atoms with Crippen LogP contribution in [0.15, 0.2) is 54.2 Å². The number of rotatable bonds is 5. The number of halogens is 1. The minimum absolute atomic E-state index is 0.0839. The summed E-state index contributed by atoms with van der Waals surface area (Å²) >= 11 is 7.89. The van der Waals surface area contributed by atoms with Crippen molar-refractivity contribution in [1.82, 2.24) is 19.9 Å². The molecule has 0 spiro atoms. The number of hydrogen-bond acceptors (Lipinski definition) is 7. The Morgan fingerprint density at radius 3 is 2.61 bits per heavy atom. The van der Waals surface area contributed by atoms with Crippen molar-refractivity contribution in [2.75, 3.05) is 23.7 Å². The Hall–Kier alpha value is -3.23. The third kappa shape index (κ3) is 4.91. The number of hydrogen-bond donors (Lipinski definition) is 2. The second kappa shape index (κ2) is 9.33. The van der Waals surface area contributed by atoms with E-state index in [1.807, 2.05) is 52.9 Å². The van der Waals surface area contributed by atoms with Crippen molar-refractivity contribution in [1.29, 1.82) is 0 Å². The number of anilines is 4. The molecule has 1 aliphatic rings. The van der Waals surface area contributed by atoms with Gasteiger partial charge in [-0.3, -0.25) is 4.79 Å². The van der Waals surface area contributed by atoms with Crippen LogP contribution >= 0.6 is 22.9 Å². The van der Waals surface area contributed by atoms with Crippen LogP contribution in [0.1, 0.15) is 30.1 Å². The lowest BCUT2D eigenvalue weighted by atomic mass is 9.98. The maximum Gasteiger partial charge on any atom is 0.253 e. The number of benzene rings is 2. The molecule has 0 saturated carbocycles. The molecule has 9 heteroatoms. The van der Waals surface area contributed by atoms with Crippen LogP contribution in [0, 0.1) is 5.92 Å². The summed E-state index contributed by atoms with van der Waals surface area (Å²) in [5, 5.41) is 6.85. The number of amides is 1. The standard InChI is InChI=1S/C24H23ClN6OS/c1-15-8-10-31(11-9-15)23(32)16-2-4-17(5-3-16)29-24-26-13-19(25)22(30-24)28-18-6-7-20-21(12-18)33-14-27-20/h2-7,12-15H,8-11H2,1H3,(H2,26,28,29,30). The number of nitrogens with zero attached hydrogens (tertiary/aromatic N) is 4. The van der Waals surface area contributed by atoms with Crippen molar-refractivity contribution >= 4 is 62.2 Å². The lowest BCUT2D eigenvalue weighted by Crippen LogP contribution is -2.37. The number of carbonyl (C=O) groups excluding carboxylic acids is 1. The molecule has 2 aromatic heterocycles. The van der Waals surface area contributed by atoms with Crippen molar-refractivity contribution in [2.45, 2.75) is 19.8 Å². The van der Waals surface area contributed by atoms with E-state index in [9.17, 15) is 4.79 Å². The van der Waals surface area contributed by atoms with Gasteiger partial charge in [0.05, 0.1) is 21.9 Å². The molecule has 0 radical (unpaired) electrons. The normalized spacial score (nSPS) is 14.4. The van der Waals surface area contributed by atoms with Gasteiger partial charge in [-0.1, -0.05) is 18.5 Å². The summed E-state index contributed by atoms with van der Waals surface area (Å²) in [6, 6.07) is 13.3. The largest absolute Gasteiger partial charge is 0.339 e. The molecule has 2 aromatic carbocycles. The van der Waals surface area contributed by atoms with Crippen molar-refractivity contribution in [3.63, 3.8) is 0 Å². The lowest BCUT2D eigenvalue weighted by molar-refractivity contribution is 0.0697. The predicted molar refractivity (Wildman–Crippen MR) is 134 cm³/mol. The Balaban J connectivity index is 1.27. The van der Waals surface area contributed by atoms with Gasteiger partial charge in [-0.25, -0.2) is 9.97 Å². The molecule has 1 aliphatic heterocycles. The van der Waals surface area contributed by atoms with Crippen molar-refractivity contribution in [3.05, 3.63) is 64.8 Å². The van der Waals surface area contributed by atoms with Gasteiger partial charge in [0.25, 0.3) is 5.91 Å². The monoisotopic (exact) mass is 478 g/mol. The van der Waals surface area contributed by atoms with Crippen LogP contribution in [0.5, 0.6) is 0 Å². The maximum atomic E-state index is 12.8. The minimum atomic E-state index is 0.0839. The van der Waals surface area contributed by atoms with E-state index in [0.717, 1.165) is 47.5 Å². The molecule has 1 amide bonds. The van der Waals surface area contributed by atoms with Crippen molar-refractivity contribution in [3.8, 4) is 0 Å². The van der Waals surface area contributed by atoms with Crippen LogP contribution < -0.4 is 10.6 Å². The average Bonchev–Trinajstić information content (AvgIpc) is 3.30. The van der Waals surface area contributed by atoms with Gasteiger partial charge in [0, 0.05) is 30.0 Å². The number of piperidine rings is 1. The van der Waals surface area contributed by atoms with Crippen LogP contribution in [0.25, 0.3) is 10.2 Å². The zero-order valence-electron chi connectivity index (χ0n) is 18.1. The zero-order chi connectivity index (χ0) is 22.8. The van der Waals surface area contributed by atoms with Gasteiger partial charge in [-0.2, -0.15) is 4.98 Å². The van der Waals surface area contributed by atoms with Gasteiger partial charge < -0.3 is 15.5 Å². The van der Waals surface area contributed by atoms with E-state index in [-0.39, 0.29) is 5.91 Å². The summed E-state index contributed by atoms with van der Waals surface area (Å²) in [6.45, 7) is 3.89. The average molecular weight is 479 g/mol. The second-order valence-electron chi connectivity index (χ2n) is 8.23. The highest BCUT2D eigenvalue weighted by atomic mass is 35.5. The van der Waals surface area contributed by atoms with E-state index in [1.54, 1.807) is 17.5 Å². The van der Waals surface area contributed by atoms with Gasteiger partial charge in [0.15, 0.2) is 5.82 Å². The summed E-state index contributed by atoms with van der Waals surface area (Å²) in [7, 11) is 0. The van der Waals surface area contributed by atoms with Gasteiger partial charge in [-0.05, 0) is 61.2 Å². The van der Waals surface area contributed by atoms with E-state index in [4.69, 9.17) is 11.6 Å². The van der Waals surface area contributed by atoms with E-state index in [1.165, 1.54) is 0 Å². The van der Waals surface area contributed by atoms with Gasteiger partial charge >= 0.3 is 0 Å². The summed E-state index contributed by atoms with van der Waals surface area (Å²) < 4.78 is 1.08. The van der Waals surface area contributed by atoms with Crippen LogP contribution in [0.3, 0.4) is 0 Å². The lowest BCUT2D eigenvalue weighted by Gasteiger charge is -2.30. The third-order valence-electron chi connectivity index (χ3n) is 5.80. The highest BCUT2D eigenvalue weighted by Gasteiger charge is 2.21. The minimum Gasteiger partial charge on any atom is -0.339 e. The van der Waals surface area contributed by atoms with E-state index in [2.05, 4.69) is 32.5 Å². The molecular formula is C24H23ClN6OS. The molecule has 33 heavy (non-hydrogen) atoms. The molecule has 5 rings (SSSR count). The summed E-state index contributed by atoms with van der Waals surface area (Å²) in [4.78, 5) is 27.8. The molecule has 2 N–H and O–H groups in total. The van der Waals surface area contributed by atoms with Gasteiger partial charge in [0.2, 0.25) is 5.95 Å². The smallest absolute Gasteiger partial charge is 0.253 e. The van der Waals surface area contributed by atoms with E-state index < -0.39 is 0 Å². The summed E-state index contributed by atoms with van der Waals surface area (Å²) in [5.41, 5.74) is 5.12. The number of likely N-dealkylation sites (tertiary alicyclic amines) is 1. The fourth-order valence-corrected chi connectivity index (χ4v) is 4.66. The Morgan fingerprint density at radius 2 is 1.82 bits per heavy atom. The molecule has 0 bridgehead atoms. The fraction of sp³-hybridized carbons (Fsp3) is 0.250. The molecule has 0 atom stereocenters. The molecule has 168 valence electrons. The zero-order valence-corrected chi connectivity index (χ0v) is 19.7. The van der Waals surface area contributed by atoms with Crippen LogP contribution in [-0.4, -0.2) is 38.8 Å². The highest BCUT2D eigenvalue weighted by Crippen LogP contribution is 2.28. The Kier molecular flexibility index (Phi) is 6.11. The first-order chi connectivity index (χ1) is 16.0. The van der Waals surface area contributed by atoms with Crippen LogP contribution in [-0.2, 0) is 0 Å². The molecule has 1 fully saturated rings. The van der Waals surface area contributed by atoms with Gasteiger partial charge in [0.1, 0.15) is 5.02 Å². The molecule has 4 aromatic rings. The molecule has 0 unspecified atom stereocenters. The predicted octanol–water partition coefficient (Wildman–Crippen LogP) is 6.10. The molecule has 7 nitrogen and oxygen atoms in total. The van der Waals surface area contributed by atoms with Crippen molar-refractivity contribution < 1.29 is 4.79 Å². The second-order valence-corrected chi connectivity index (χ2v) is 9.52.